The Hall–Kier alpha value is -3.57. The van der Waals surface area contributed by atoms with Crippen LogP contribution in [0.1, 0.15) is 25.3 Å². The number of allylic oxidation sites excluding steroid dienone is 2. The maximum atomic E-state index is 12.6. The molecule has 1 unspecified atom stereocenters. The van der Waals surface area contributed by atoms with Gasteiger partial charge < -0.3 is 19.9 Å². The molecular formula is C20H17ClN4O4. The van der Waals surface area contributed by atoms with Crippen molar-refractivity contribution in [2.45, 2.75) is 19.8 Å². The van der Waals surface area contributed by atoms with Gasteiger partial charge in [-0.2, -0.15) is 5.26 Å². The van der Waals surface area contributed by atoms with Gasteiger partial charge in [-0.3, -0.25) is 0 Å². The molecule has 0 fully saturated rings. The largest absolute Gasteiger partial charge is 0.463 e. The molecule has 0 saturated carbocycles. The summed E-state index contributed by atoms with van der Waals surface area (Å²) in [7, 11) is 0. The highest BCUT2D eigenvalue weighted by Crippen LogP contribution is 2.40. The Labute approximate surface area is 172 Å². The summed E-state index contributed by atoms with van der Waals surface area (Å²) in [5.41, 5.74) is 6.83. The van der Waals surface area contributed by atoms with E-state index in [2.05, 4.69) is 10.2 Å². The van der Waals surface area contributed by atoms with E-state index in [1.807, 2.05) is 6.07 Å². The van der Waals surface area contributed by atoms with E-state index in [1.54, 1.807) is 50.2 Å². The van der Waals surface area contributed by atoms with Gasteiger partial charge in [0.25, 0.3) is 0 Å². The summed E-state index contributed by atoms with van der Waals surface area (Å²) in [5.74, 6) is -0.440. The molecule has 0 aliphatic carbocycles. The number of carbonyl (C=O) groups excluding carboxylic acids is 1. The Bertz CT molecular complexity index is 1040. The van der Waals surface area contributed by atoms with E-state index in [-0.39, 0.29) is 40.4 Å². The number of nitrogens with two attached hydrogens (primary N) is 1. The predicted octanol–water partition coefficient (Wildman–Crippen LogP) is 3.57. The van der Waals surface area contributed by atoms with Crippen LogP contribution in [0, 0.1) is 11.3 Å². The van der Waals surface area contributed by atoms with Crippen LogP contribution in [0.4, 0.5) is 0 Å². The van der Waals surface area contributed by atoms with E-state index in [0.717, 1.165) is 0 Å². The first kappa shape index (κ1) is 20.2. The average molecular weight is 413 g/mol. The van der Waals surface area contributed by atoms with Gasteiger partial charge >= 0.3 is 5.97 Å². The van der Waals surface area contributed by atoms with E-state index in [9.17, 15) is 10.1 Å². The molecule has 148 valence electrons. The molecule has 29 heavy (non-hydrogen) atoms. The van der Waals surface area contributed by atoms with Gasteiger partial charge in [0, 0.05) is 6.07 Å². The lowest BCUT2D eigenvalue weighted by atomic mass is 9.83. The van der Waals surface area contributed by atoms with Gasteiger partial charge in [0.2, 0.25) is 11.8 Å². The summed E-state index contributed by atoms with van der Waals surface area (Å²) in [6.07, 6.45) is 0. The zero-order valence-electron chi connectivity index (χ0n) is 15.7. The Kier molecular flexibility index (Phi) is 6.00. The van der Waals surface area contributed by atoms with E-state index < -0.39 is 11.9 Å². The molecule has 8 nitrogen and oxygen atoms in total. The van der Waals surface area contributed by atoms with Gasteiger partial charge in [0.1, 0.15) is 23.2 Å². The number of ether oxygens (including phenoxy) is 3. The molecule has 1 aromatic heterocycles. The third kappa shape index (κ3) is 4.31. The molecule has 2 aromatic rings. The standard InChI is InChI=1S/C20H17ClN4O4/c1-3-27-20(26)17-11(2)28-19(23)14(10-22)18(17)12-5-4-6-13(9-12)29-16-8-7-15(21)24-25-16/h4-9,18H,3,23H2,1-2H3. The van der Waals surface area contributed by atoms with Crippen molar-refractivity contribution in [3.8, 4) is 17.7 Å². The van der Waals surface area contributed by atoms with Crippen LogP contribution in [0.25, 0.3) is 0 Å². The fourth-order valence-electron chi connectivity index (χ4n) is 2.92. The normalized spacial score (nSPS) is 16.1. The highest BCUT2D eigenvalue weighted by molar-refractivity contribution is 6.29. The van der Waals surface area contributed by atoms with Gasteiger partial charge in [0.15, 0.2) is 5.15 Å². The van der Waals surface area contributed by atoms with Crippen molar-refractivity contribution in [1.29, 1.82) is 5.26 Å². The fourth-order valence-corrected chi connectivity index (χ4v) is 3.03. The van der Waals surface area contributed by atoms with Crippen molar-refractivity contribution in [3.63, 3.8) is 0 Å². The van der Waals surface area contributed by atoms with Gasteiger partial charge in [-0.15, -0.1) is 10.2 Å². The van der Waals surface area contributed by atoms with Gasteiger partial charge in [-0.1, -0.05) is 23.7 Å². The fraction of sp³-hybridized carbons (Fsp3) is 0.200. The quantitative estimate of drug-likeness (QED) is 0.740. The lowest BCUT2D eigenvalue weighted by molar-refractivity contribution is -0.139. The number of nitrogens with zero attached hydrogens (tertiary/aromatic N) is 3. The van der Waals surface area contributed by atoms with Crippen molar-refractivity contribution in [1.82, 2.24) is 10.2 Å². The number of benzene rings is 1. The van der Waals surface area contributed by atoms with Crippen molar-refractivity contribution >= 4 is 17.6 Å². The molecule has 2 heterocycles. The second-order valence-electron chi connectivity index (χ2n) is 5.98. The van der Waals surface area contributed by atoms with E-state index >= 15 is 0 Å². The third-order valence-corrected chi connectivity index (χ3v) is 4.32. The number of nitriles is 1. The molecule has 1 atom stereocenters. The maximum Gasteiger partial charge on any atom is 0.338 e. The van der Waals surface area contributed by atoms with Crippen molar-refractivity contribution < 1.29 is 19.0 Å². The van der Waals surface area contributed by atoms with E-state index in [4.69, 9.17) is 31.5 Å². The van der Waals surface area contributed by atoms with Crippen LogP contribution < -0.4 is 10.5 Å². The molecule has 0 bridgehead atoms. The topological polar surface area (TPSA) is 120 Å². The Morgan fingerprint density at radius 3 is 2.79 bits per heavy atom. The molecule has 0 saturated heterocycles. The molecule has 1 aliphatic heterocycles. The highest BCUT2D eigenvalue weighted by atomic mass is 35.5. The lowest BCUT2D eigenvalue weighted by Crippen LogP contribution is -2.25. The smallest absolute Gasteiger partial charge is 0.338 e. The predicted molar refractivity (Wildman–Crippen MR) is 104 cm³/mol. The van der Waals surface area contributed by atoms with Gasteiger partial charge in [-0.05, 0) is 37.6 Å². The minimum Gasteiger partial charge on any atom is -0.463 e. The van der Waals surface area contributed by atoms with Gasteiger partial charge in [-0.25, -0.2) is 4.79 Å². The molecule has 0 amide bonds. The number of rotatable bonds is 5. The summed E-state index contributed by atoms with van der Waals surface area (Å²) >= 11 is 5.73. The number of aromatic nitrogens is 2. The molecule has 9 heteroatoms. The molecule has 3 rings (SSSR count). The van der Waals surface area contributed by atoms with E-state index in [0.29, 0.717) is 11.3 Å². The first-order valence-corrected chi connectivity index (χ1v) is 9.05. The average Bonchev–Trinajstić information content (AvgIpc) is 2.69. The number of carbonyl (C=O) groups is 1. The van der Waals surface area contributed by atoms with Crippen LogP contribution in [0.5, 0.6) is 11.6 Å². The monoisotopic (exact) mass is 412 g/mol. The Morgan fingerprint density at radius 2 is 2.14 bits per heavy atom. The summed E-state index contributed by atoms with van der Waals surface area (Å²) in [4.78, 5) is 12.6. The molecular weight excluding hydrogens is 396 g/mol. The van der Waals surface area contributed by atoms with Crippen LogP contribution in [0.15, 0.2) is 59.2 Å². The zero-order chi connectivity index (χ0) is 21.0. The molecule has 0 spiro atoms. The lowest BCUT2D eigenvalue weighted by Gasteiger charge is -2.27. The first-order chi connectivity index (χ1) is 13.9. The second-order valence-corrected chi connectivity index (χ2v) is 6.37. The molecule has 1 aliphatic rings. The summed E-state index contributed by atoms with van der Waals surface area (Å²) < 4.78 is 16.3. The minimum atomic E-state index is -0.757. The summed E-state index contributed by atoms with van der Waals surface area (Å²) in [6, 6.07) is 12.0. The maximum absolute atomic E-state index is 12.6. The van der Waals surface area contributed by atoms with Crippen LogP contribution in [-0.2, 0) is 14.3 Å². The molecule has 2 N–H and O–H groups in total. The van der Waals surface area contributed by atoms with E-state index in [1.165, 1.54) is 0 Å². The third-order valence-electron chi connectivity index (χ3n) is 4.12. The summed E-state index contributed by atoms with van der Waals surface area (Å²) in [6.45, 7) is 3.48. The number of hydrogen-bond donors (Lipinski definition) is 1. The van der Waals surface area contributed by atoms with Crippen LogP contribution in [0.3, 0.4) is 0 Å². The minimum absolute atomic E-state index is 0.0575. The Balaban J connectivity index is 2.03. The van der Waals surface area contributed by atoms with Crippen LogP contribution >= 0.6 is 11.6 Å². The zero-order valence-corrected chi connectivity index (χ0v) is 16.4. The Morgan fingerprint density at radius 1 is 1.34 bits per heavy atom. The highest BCUT2D eigenvalue weighted by Gasteiger charge is 2.36. The molecule has 0 radical (unpaired) electrons. The number of esters is 1. The van der Waals surface area contributed by atoms with Gasteiger partial charge in [0.05, 0.1) is 18.1 Å². The number of halogens is 1. The summed E-state index contributed by atoms with van der Waals surface area (Å²) in [5, 5.41) is 17.5. The number of hydrogen-bond acceptors (Lipinski definition) is 8. The molecule has 1 aromatic carbocycles. The van der Waals surface area contributed by atoms with Crippen molar-refractivity contribution in [2.75, 3.05) is 6.61 Å². The SMILES string of the molecule is CCOC(=O)C1=C(C)OC(N)=C(C#N)C1c1cccc(Oc2ccc(Cl)nn2)c1. The van der Waals surface area contributed by atoms with Crippen LogP contribution in [0.2, 0.25) is 5.15 Å². The van der Waals surface area contributed by atoms with Crippen LogP contribution in [-0.4, -0.2) is 22.8 Å². The van der Waals surface area contributed by atoms with Crippen molar-refractivity contribution in [2.24, 2.45) is 5.73 Å². The first-order valence-electron chi connectivity index (χ1n) is 8.67. The van der Waals surface area contributed by atoms with Crippen molar-refractivity contribution in [3.05, 3.63) is 69.9 Å². The second kappa shape index (κ2) is 8.63.